The van der Waals surface area contributed by atoms with Crippen LogP contribution in [0.15, 0.2) is 91.5 Å². The van der Waals surface area contributed by atoms with Crippen LogP contribution in [0.4, 0.5) is 0 Å². The minimum Gasteiger partial charge on any atom is -0.437 e. The molecule has 0 saturated carbocycles. The predicted molar refractivity (Wildman–Crippen MR) is 101 cm³/mol. The summed E-state index contributed by atoms with van der Waals surface area (Å²) in [6, 6.07) is 26.4. The monoisotopic (exact) mass is 334 g/mol. The second-order valence-corrected chi connectivity index (χ2v) is 7.92. The van der Waals surface area contributed by atoms with Crippen LogP contribution in [-0.4, -0.2) is 0 Å². The van der Waals surface area contributed by atoms with Gasteiger partial charge in [-0.2, -0.15) is 0 Å². The van der Waals surface area contributed by atoms with Crippen molar-refractivity contribution in [1.29, 1.82) is 0 Å². The van der Waals surface area contributed by atoms with Crippen molar-refractivity contribution in [2.45, 2.75) is 6.92 Å². The van der Waals surface area contributed by atoms with Crippen LogP contribution in [0.1, 0.15) is 11.1 Å². The van der Waals surface area contributed by atoms with Crippen LogP contribution in [0.3, 0.4) is 0 Å². The zero-order valence-corrected chi connectivity index (χ0v) is 14.4. The molecular weight excluding hydrogens is 315 g/mol. The normalized spacial score (nSPS) is 11.0. The fourth-order valence-corrected chi connectivity index (χ4v) is 4.50. The van der Waals surface area contributed by atoms with Gasteiger partial charge in [0.2, 0.25) is 0 Å². The molecular formula is C21H19O2P. The summed E-state index contributed by atoms with van der Waals surface area (Å²) < 4.78 is 19.8. The van der Waals surface area contributed by atoms with E-state index in [9.17, 15) is 4.57 Å². The van der Waals surface area contributed by atoms with Crippen LogP contribution in [0.25, 0.3) is 5.76 Å². The van der Waals surface area contributed by atoms with Crippen molar-refractivity contribution in [3.8, 4) is 0 Å². The topological polar surface area (TPSA) is 26.3 Å². The zero-order valence-electron chi connectivity index (χ0n) is 13.6. The smallest absolute Gasteiger partial charge is 0.306 e. The van der Waals surface area contributed by atoms with Gasteiger partial charge in [-0.25, -0.2) is 0 Å². The van der Waals surface area contributed by atoms with E-state index in [0.717, 1.165) is 11.1 Å². The first-order valence-corrected chi connectivity index (χ1v) is 9.39. The van der Waals surface area contributed by atoms with E-state index in [4.69, 9.17) is 4.52 Å². The van der Waals surface area contributed by atoms with Gasteiger partial charge in [-0.1, -0.05) is 72.8 Å². The summed E-state index contributed by atoms with van der Waals surface area (Å²) in [4.78, 5) is 0. The van der Waals surface area contributed by atoms with Gasteiger partial charge in [0, 0.05) is 5.56 Å². The summed E-state index contributed by atoms with van der Waals surface area (Å²) in [5.74, 6) is 0.408. The summed E-state index contributed by atoms with van der Waals surface area (Å²) in [7, 11) is -3.26. The minimum absolute atomic E-state index is 0.408. The van der Waals surface area contributed by atoms with Crippen molar-refractivity contribution in [3.05, 3.63) is 103 Å². The molecule has 24 heavy (non-hydrogen) atoms. The molecule has 0 amide bonds. The summed E-state index contributed by atoms with van der Waals surface area (Å²) in [6.07, 6.45) is 0. The summed E-state index contributed by atoms with van der Waals surface area (Å²) >= 11 is 0. The maximum atomic E-state index is 13.8. The van der Waals surface area contributed by atoms with Crippen LogP contribution in [-0.2, 0) is 9.09 Å². The quantitative estimate of drug-likeness (QED) is 0.489. The van der Waals surface area contributed by atoms with Crippen molar-refractivity contribution in [2.24, 2.45) is 0 Å². The molecule has 0 N–H and O–H groups in total. The average molecular weight is 334 g/mol. The highest BCUT2D eigenvalue weighted by molar-refractivity contribution is 7.74. The summed E-state index contributed by atoms with van der Waals surface area (Å²) in [5.41, 5.74) is 1.98. The van der Waals surface area contributed by atoms with Gasteiger partial charge < -0.3 is 4.52 Å². The van der Waals surface area contributed by atoms with Crippen molar-refractivity contribution in [2.75, 3.05) is 0 Å². The molecule has 3 aromatic carbocycles. The van der Waals surface area contributed by atoms with E-state index in [1.165, 1.54) is 0 Å². The molecule has 120 valence electrons. The van der Waals surface area contributed by atoms with Gasteiger partial charge in [-0.3, -0.25) is 4.57 Å². The maximum Gasteiger partial charge on any atom is 0.306 e. The van der Waals surface area contributed by atoms with Crippen LogP contribution >= 0.6 is 7.37 Å². The lowest BCUT2D eigenvalue weighted by Gasteiger charge is -2.21. The van der Waals surface area contributed by atoms with Gasteiger partial charge >= 0.3 is 7.37 Å². The largest absolute Gasteiger partial charge is 0.437 e. The Morgan fingerprint density at radius 2 is 1.25 bits per heavy atom. The van der Waals surface area contributed by atoms with E-state index in [2.05, 4.69) is 6.58 Å². The maximum absolute atomic E-state index is 13.8. The van der Waals surface area contributed by atoms with Crippen LogP contribution in [0.5, 0.6) is 0 Å². The zero-order chi connectivity index (χ0) is 17.0. The Morgan fingerprint density at radius 1 is 0.792 bits per heavy atom. The fraction of sp³-hybridized carbons (Fsp3) is 0.0476. The number of aryl methyl sites for hydroxylation is 1. The van der Waals surface area contributed by atoms with E-state index in [1.807, 2.05) is 91.9 Å². The molecule has 0 spiro atoms. The lowest BCUT2D eigenvalue weighted by Crippen LogP contribution is -2.17. The summed E-state index contributed by atoms with van der Waals surface area (Å²) in [5, 5.41) is 1.31. The first-order valence-electron chi connectivity index (χ1n) is 7.76. The molecule has 0 aliphatic rings. The Morgan fingerprint density at radius 3 is 1.71 bits per heavy atom. The number of hydrogen-bond acceptors (Lipinski definition) is 2. The Labute approximate surface area is 142 Å². The Balaban J connectivity index is 2.02. The fourth-order valence-electron chi connectivity index (χ4n) is 2.45. The molecule has 0 aromatic heterocycles. The molecule has 0 aliphatic heterocycles. The van der Waals surface area contributed by atoms with Gasteiger partial charge in [0.05, 0.1) is 10.6 Å². The molecule has 0 atom stereocenters. The SMILES string of the molecule is C=C(OP(=O)(c1ccccc1)c1ccccc1)c1ccc(C)cc1. The Bertz CT molecular complexity index is 825. The highest BCUT2D eigenvalue weighted by Crippen LogP contribution is 2.48. The molecule has 0 radical (unpaired) electrons. The molecule has 0 fully saturated rings. The molecule has 3 aromatic rings. The third-order valence-electron chi connectivity index (χ3n) is 3.80. The third kappa shape index (κ3) is 3.34. The number of hydrogen-bond donors (Lipinski definition) is 0. The molecule has 0 unspecified atom stereocenters. The van der Waals surface area contributed by atoms with Gasteiger partial charge in [0.1, 0.15) is 5.76 Å². The molecule has 0 aliphatic carbocycles. The Hall–Kier alpha value is -2.57. The van der Waals surface area contributed by atoms with Gasteiger partial charge in [-0.15, -0.1) is 0 Å². The van der Waals surface area contributed by atoms with E-state index < -0.39 is 7.37 Å². The molecule has 3 heteroatoms. The van der Waals surface area contributed by atoms with Crippen LogP contribution < -0.4 is 10.6 Å². The second-order valence-electron chi connectivity index (χ2n) is 5.60. The van der Waals surface area contributed by atoms with Crippen molar-refractivity contribution in [1.82, 2.24) is 0 Å². The molecule has 0 heterocycles. The summed E-state index contributed by atoms with van der Waals surface area (Å²) in [6.45, 7) is 6.02. The lowest BCUT2D eigenvalue weighted by molar-refractivity contribution is 0.482. The molecule has 3 rings (SSSR count). The Kier molecular flexibility index (Phi) is 4.69. The first kappa shape index (κ1) is 16.3. The van der Waals surface area contributed by atoms with E-state index >= 15 is 0 Å². The van der Waals surface area contributed by atoms with E-state index in [0.29, 0.717) is 16.4 Å². The van der Waals surface area contributed by atoms with Gasteiger partial charge in [0.15, 0.2) is 0 Å². The van der Waals surface area contributed by atoms with E-state index in [-0.39, 0.29) is 0 Å². The average Bonchev–Trinajstić information content (AvgIpc) is 2.63. The number of rotatable bonds is 5. The van der Waals surface area contributed by atoms with Crippen molar-refractivity contribution >= 4 is 23.7 Å². The highest BCUT2D eigenvalue weighted by Gasteiger charge is 2.30. The van der Waals surface area contributed by atoms with Crippen molar-refractivity contribution < 1.29 is 9.09 Å². The lowest BCUT2D eigenvalue weighted by atomic mass is 10.1. The molecule has 0 saturated heterocycles. The van der Waals surface area contributed by atoms with E-state index in [1.54, 1.807) is 0 Å². The third-order valence-corrected chi connectivity index (χ3v) is 6.24. The second kappa shape index (κ2) is 6.90. The standard InChI is InChI=1S/C21H19O2P/c1-17-13-15-19(16-14-17)18(2)23-24(22,20-9-5-3-6-10-20)21-11-7-4-8-12-21/h3-16H,2H2,1H3. The predicted octanol–water partition coefficient (Wildman–Crippen LogP) is 4.91. The first-order chi connectivity index (χ1) is 11.6. The highest BCUT2D eigenvalue weighted by atomic mass is 31.2. The van der Waals surface area contributed by atoms with Gasteiger partial charge in [-0.05, 0) is 31.2 Å². The van der Waals surface area contributed by atoms with Gasteiger partial charge in [0.25, 0.3) is 0 Å². The van der Waals surface area contributed by atoms with Crippen LogP contribution in [0.2, 0.25) is 0 Å². The van der Waals surface area contributed by atoms with Crippen LogP contribution in [0, 0.1) is 6.92 Å². The number of benzene rings is 3. The minimum atomic E-state index is -3.26. The van der Waals surface area contributed by atoms with Crippen molar-refractivity contribution in [3.63, 3.8) is 0 Å². The molecule has 0 bridgehead atoms. The molecule has 2 nitrogen and oxygen atoms in total.